The molecule has 4 nitrogen and oxygen atoms in total. The summed E-state index contributed by atoms with van der Waals surface area (Å²) in [5.74, 6) is 0.0304. The molecule has 0 rings (SSSR count). The SMILES string of the molecule is CC=NC(NC=N)C(C)C(C)=N. The second kappa shape index (κ2) is 5.46. The Hall–Kier alpha value is -1.19. The van der Waals surface area contributed by atoms with Crippen LogP contribution in [-0.4, -0.2) is 24.4 Å². The maximum Gasteiger partial charge on any atom is 0.126 e. The maximum absolute atomic E-state index is 7.40. The standard InChI is InChI=1S/C8H16N4/c1-4-11-8(12-5-9)6(2)7(3)10/h4-6,8,10H,1-3H3,(H2,9,12). The Labute approximate surface area is 73.1 Å². The quantitative estimate of drug-likeness (QED) is 0.420. The second-order valence-electron chi connectivity index (χ2n) is 2.63. The molecule has 0 radical (unpaired) electrons. The van der Waals surface area contributed by atoms with Crippen molar-refractivity contribution in [3.8, 4) is 0 Å². The van der Waals surface area contributed by atoms with E-state index in [0.717, 1.165) is 6.34 Å². The summed E-state index contributed by atoms with van der Waals surface area (Å²) in [6.45, 7) is 5.48. The zero-order valence-electron chi connectivity index (χ0n) is 7.76. The van der Waals surface area contributed by atoms with Gasteiger partial charge in [0.25, 0.3) is 0 Å². The van der Waals surface area contributed by atoms with Crippen LogP contribution in [0.4, 0.5) is 0 Å². The monoisotopic (exact) mass is 168 g/mol. The van der Waals surface area contributed by atoms with Crippen molar-refractivity contribution < 1.29 is 0 Å². The fourth-order valence-corrected chi connectivity index (χ4v) is 0.799. The molecule has 0 heterocycles. The molecule has 0 aliphatic carbocycles. The minimum Gasteiger partial charge on any atom is -0.355 e. The molecule has 0 aromatic heterocycles. The van der Waals surface area contributed by atoms with Crippen molar-refractivity contribution in [3.05, 3.63) is 0 Å². The van der Waals surface area contributed by atoms with Gasteiger partial charge in [-0.25, -0.2) is 0 Å². The molecular weight excluding hydrogens is 152 g/mol. The van der Waals surface area contributed by atoms with E-state index in [-0.39, 0.29) is 12.1 Å². The van der Waals surface area contributed by atoms with Crippen LogP contribution in [0.2, 0.25) is 0 Å². The van der Waals surface area contributed by atoms with Crippen LogP contribution in [0, 0.1) is 16.7 Å². The smallest absolute Gasteiger partial charge is 0.126 e. The zero-order valence-corrected chi connectivity index (χ0v) is 7.76. The van der Waals surface area contributed by atoms with Crippen molar-refractivity contribution in [1.29, 1.82) is 10.8 Å². The average molecular weight is 168 g/mol. The highest BCUT2D eigenvalue weighted by atomic mass is 15.1. The molecule has 0 saturated heterocycles. The molecule has 2 atom stereocenters. The summed E-state index contributed by atoms with van der Waals surface area (Å²) in [7, 11) is 0. The van der Waals surface area contributed by atoms with Crippen LogP contribution in [-0.2, 0) is 0 Å². The zero-order chi connectivity index (χ0) is 9.56. The number of rotatable bonds is 5. The third kappa shape index (κ3) is 3.27. The van der Waals surface area contributed by atoms with Crippen molar-refractivity contribution in [2.45, 2.75) is 26.9 Å². The van der Waals surface area contributed by atoms with Gasteiger partial charge in [-0.05, 0) is 20.1 Å². The number of nitrogens with one attached hydrogen (secondary N) is 3. The molecule has 4 heteroatoms. The van der Waals surface area contributed by atoms with Crippen LogP contribution < -0.4 is 5.32 Å². The number of hydrogen-bond donors (Lipinski definition) is 3. The van der Waals surface area contributed by atoms with E-state index in [1.807, 2.05) is 13.8 Å². The van der Waals surface area contributed by atoms with Crippen molar-refractivity contribution in [3.63, 3.8) is 0 Å². The summed E-state index contributed by atoms with van der Waals surface area (Å²) in [5, 5.41) is 17.0. The molecule has 0 saturated carbocycles. The molecule has 0 aliphatic rings. The largest absolute Gasteiger partial charge is 0.355 e. The van der Waals surface area contributed by atoms with E-state index in [4.69, 9.17) is 10.8 Å². The molecule has 0 aliphatic heterocycles. The molecule has 12 heavy (non-hydrogen) atoms. The van der Waals surface area contributed by atoms with Gasteiger partial charge in [0, 0.05) is 11.6 Å². The summed E-state index contributed by atoms with van der Waals surface area (Å²) in [5.41, 5.74) is 0.569. The summed E-state index contributed by atoms with van der Waals surface area (Å²) in [6, 6.07) is 0. The summed E-state index contributed by atoms with van der Waals surface area (Å²) in [6.07, 6.45) is 2.61. The van der Waals surface area contributed by atoms with E-state index >= 15 is 0 Å². The molecule has 0 bridgehead atoms. The molecule has 0 aromatic carbocycles. The Morgan fingerprint density at radius 2 is 2.17 bits per heavy atom. The molecular formula is C8H16N4. The molecule has 2 unspecified atom stereocenters. The molecule has 3 N–H and O–H groups in total. The maximum atomic E-state index is 7.40. The van der Waals surface area contributed by atoms with E-state index in [2.05, 4.69) is 10.3 Å². The van der Waals surface area contributed by atoms with Gasteiger partial charge in [0.2, 0.25) is 0 Å². The topological polar surface area (TPSA) is 72.1 Å². The highest BCUT2D eigenvalue weighted by Gasteiger charge is 2.15. The Balaban J connectivity index is 4.27. The molecule has 0 amide bonds. The Morgan fingerprint density at radius 3 is 2.50 bits per heavy atom. The van der Waals surface area contributed by atoms with Crippen molar-refractivity contribution >= 4 is 18.3 Å². The first-order chi connectivity index (χ1) is 5.63. The van der Waals surface area contributed by atoms with Crippen LogP contribution in [0.1, 0.15) is 20.8 Å². The van der Waals surface area contributed by atoms with E-state index in [0.29, 0.717) is 5.71 Å². The van der Waals surface area contributed by atoms with E-state index in [1.54, 1.807) is 13.1 Å². The van der Waals surface area contributed by atoms with Crippen LogP contribution in [0.25, 0.3) is 0 Å². The third-order valence-electron chi connectivity index (χ3n) is 1.72. The lowest BCUT2D eigenvalue weighted by atomic mass is 10.0. The summed E-state index contributed by atoms with van der Waals surface area (Å²) in [4.78, 5) is 4.11. The van der Waals surface area contributed by atoms with Crippen LogP contribution in [0.15, 0.2) is 4.99 Å². The normalized spacial score (nSPS) is 15.6. The van der Waals surface area contributed by atoms with Crippen molar-refractivity contribution in [2.24, 2.45) is 10.9 Å². The minimum absolute atomic E-state index is 0.0304. The van der Waals surface area contributed by atoms with Crippen LogP contribution in [0.5, 0.6) is 0 Å². The fourth-order valence-electron chi connectivity index (χ4n) is 0.799. The Bertz CT molecular complexity index is 185. The van der Waals surface area contributed by atoms with E-state index in [1.165, 1.54) is 0 Å². The lowest BCUT2D eigenvalue weighted by molar-refractivity contribution is 0.539. The van der Waals surface area contributed by atoms with Gasteiger partial charge in [-0.3, -0.25) is 10.4 Å². The van der Waals surface area contributed by atoms with Gasteiger partial charge in [0.05, 0.1) is 6.34 Å². The van der Waals surface area contributed by atoms with E-state index in [9.17, 15) is 0 Å². The van der Waals surface area contributed by atoms with Gasteiger partial charge >= 0.3 is 0 Å². The predicted octanol–water partition coefficient (Wildman–Crippen LogP) is 1.28. The highest BCUT2D eigenvalue weighted by molar-refractivity contribution is 5.82. The average Bonchev–Trinajstić information content (AvgIpc) is 2.03. The van der Waals surface area contributed by atoms with Gasteiger partial charge in [-0.15, -0.1) is 0 Å². The molecule has 0 aromatic rings. The Kier molecular flexibility index (Phi) is 4.92. The van der Waals surface area contributed by atoms with Gasteiger partial charge in [-0.1, -0.05) is 6.92 Å². The fraction of sp³-hybridized carbons (Fsp3) is 0.625. The second-order valence-corrected chi connectivity index (χ2v) is 2.63. The van der Waals surface area contributed by atoms with Gasteiger partial charge in [0.15, 0.2) is 0 Å². The summed E-state index contributed by atoms with van der Waals surface area (Å²) >= 11 is 0. The molecule has 0 spiro atoms. The summed E-state index contributed by atoms with van der Waals surface area (Å²) < 4.78 is 0. The number of hydrogen-bond acceptors (Lipinski definition) is 3. The molecule has 68 valence electrons. The first-order valence-corrected chi connectivity index (χ1v) is 3.91. The highest BCUT2D eigenvalue weighted by Crippen LogP contribution is 2.04. The van der Waals surface area contributed by atoms with Gasteiger partial charge in [-0.2, -0.15) is 0 Å². The first kappa shape index (κ1) is 10.8. The van der Waals surface area contributed by atoms with E-state index < -0.39 is 0 Å². The number of aliphatic imine (C=N–C) groups is 1. The van der Waals surface area contributed by atoms with Gasteiger partial charge in [0.1, 0.15) is 6.17 Å². The third-order valence-corrected chi connectivity index (χ3v) is 1.72. The van der Waals surface area contributed by atoms with Crippen LogP contribution >= 0.6 is 0 Å². The minimum atomic E-state index is -0.176. The lowest BCUT2D eigenvalue weighted by Gasteiger charge is -2.18. The van der Waals surface area contributed by atoms with Crippen LogP contribution in [0.3, 0.4) is 0 Å². The van der Waals surface area contributed by atoms with Gasteiger partial charge < -0.3 is 10.7 Å². The lowest BCUT2D eigenvalue weighted by Crippen LogP contribution is -2.35. The predicted molar refractivity (Wildman–Crippen MR) is 52.4 cm³/mol. The molecule has 0 fully saturated rings. The van der Waals surface area contributed by atoms with Crippen molar-refractivity contribution in [1.82, 2.24) is 5.32 Å². The Morgan fingerprint density at radius 1 is 1.58 bits per heavy atom. The van der Waals surface area contributed by atoms with Crippen molar-refractivity contribution in [2.75, 3.05) is 0 Å². The first-order valence-electron chi connectivity index (χ1n) is 3.91. The number of nitrogens with zero attached hydrogens (tertiary/aromatic N) is 1.